The summed E-state index contributed by atoms with van der Waals surface area (Å²) in [6.45, 7) is 0. The number of hydrogen-bond acceptors (Lipinski definition) is 6. The van der Waals surface area contributed by atoms with E-state index >= 15 is 0 Å². The van der Waals surface area contributed by atoms with E-state index in [1.165, 1.54) is 0 Å². The molecule has 1 atom stereocenters. The maximum atomic E-state index is 12.6. The van der Waals surface area contributed by atoms with Gasteiger partial charge in [-0.05, 0) is 36.3 Å². The molecule has 156 valence electrons. The quantitative estimate of drug-likeness (QED) is 0.521. The van der Waals surface area contributed by atoms with Crippen molar-refractivity contribution in [1.82, 2.24) is 20.8 Å². The van der Waals surface area contributed by atoms with Crippen molar-refractivity contribution in [2.24, 2.45) is 0 Å². The smallest absolute Gasteiger partial charge is 0.243 e. The summed E-state index contributed by atoms with van der Waals surface area (Å²) in [5.74, 6) is 0.815. The van der Waals surface area contributed by atoms with Gasteiger partial charge in [0.1, 0.15) is 6.04 Å². The van der Waals surface area contributed by atoms with Gasteiger partial charge in [0.25, 0.3) is 0 Å². The van der Waals surface area contributed by atoms with E-state index in [1.807, 2.05) is 47.8 Å². The van der Waals surface area contributed by atoms with Crippen LogP contribution in [0.5, 0.6) is 0 Å². The van der Waals surface area contributed by atoms with Crippen LogP contribution in [0, 0.1) is 0 Å². The zero-order valence-electron chi connectivity index (χ0n) is 16.5. The van der Waals surface area contributed by atoms with E-state index in [1.54, 1.807) is 11.3 Å². The Labute approximate surface area is 178 Å². The summed E-state index contributed by atoms with van der Waals surface area (Å²) >= 11 is 1.55. The van der Waals surface area contributed by atoms with E-state index in [4.69, 9.17) is 4.52 Å². The minimum atomic E-state index is -0.575. The number of aryl methyl sites for hydroxylation is 1. The molecular weight excluding hydrogens is 400 g/mol. The maximum Gasteiger partial charge on any atom is 0.243 e. The van der Waals surface area contributed by atoms with Gasteiger partial charge in [-0.2, -0.15) is 4.98 Å². The van der Waals surface area contributed by atoms with E-state index < -0.39 is 6.04 Å². The Kier molecular flexibility index (Phi) is 6.53. The number of amides is 2. The predicted octanol–water partition coefficient (Wildman–Crippen LogP) is 3.13. The molecule has 1 aliphatic carbocycles. The van der Waals surface area contributed by atoms with Gasteiger partial charge in [-0.15, -0.1) is 11.3 Å². The number of benzene rings is 1. The van der Waals surface area contributed by atoms with Gasteiger partial charge in [0.05, 0.1) is 4.88 Å². The van der Waals surface area contributed by atoms with Gasteiger partial charge in [-0.1, -0.05) is 41.6 Å². The highest BCUT2D eigenvalue weighted by molar-refractivity contribution is 7.13. The first-order chi connectivity index (χ1) is 14.7. The van der Waals surface area contributed by atoms with Gasteiger partial charge in [-0.3, -0.25) is 9.59 Å². The summed E-state index contributed by atoms with van der Waals surface area (Å²) < 4.78 is 5.27. The van der Waals surface area contributed by atoms with Crippen LogP contribution in [0.15, 0.2) is 52.4 Å². The van der Waals surface area contributed by atoms with Crippen molar-refractivity contribution >= 4 is 23.2 Å². The third kappa shape index (κ3) is 5.76. The number of aromatic nitrogens is 2. The monoisotopic (exact) mass is 424 g/mol. The molecule has 8 heteroatoms. The lowest BCUT2D eigenvalue weighted by Crippen LogP contribution is -2.48. The molecule has 1 unspecified atom stereocenters. The number of carbonyl (C=O) groups excluding carboxylic acids is 2. The standard InChI is InChI=1S/C22H24N4O3S/c27-19(9-4-10-20-25-21(26-29-20)18-8-5-13-30-18)24-17(22(28)23-16-11-12-16)14-15-6-2-1-3-7-15/h1-3,5-8,13,16-17H,4,9-12,14H2,(H,23,28)(H,24,27). The maximum absolute atomic E-state index is 12.6. The predicted molar refractivity (Wildman–Crippen MR) is 114 cm³/mol. The van der Waals surface area contributed by atoms with Crippen molar-refractivity contribution in [3.05, 3.63) is 59.3 Å². The van der Waals surface area contributed by atoms with Crippen LogP contribution in [0.1, 0.15) is 37.1 Å². The van der Waals surface area contributed by atoms with Crippen LogP contribution in [-0.2, 0) is 22.4 Å². The van der Waals surface area contributed by atoms with Crippen LogP contribution in [0.4, 0.5) is 0 Å². The highest BCUT2D eigenvalue weighted by Crippen LogP contribution is 2.22. The molecule has 0 spiro atoms. The Morgan fingerprint density at radius 3 is 2.73 bits per heavy atom. The fourth-order valence-electron chi connectivity index (χ4n) is 3.12. The molecule has 2 amide bonds. The molecule has 4 rings (SSSR count). The van der Waals surface area contributed by atoms with E-state index in [9.17, 15) is 9.59 Å². The molecule has 0 radical (unpaired) electrons. The first kappa shape index (κ1) is 20.3. The fourth-order valence-corrected chi connectivity index (χ4v) is 3.77. The molecule has 30 heavy (non-hydrogen) atoms. The average molecular weight is 425 g/mol. The summed E-state index contributed by atoms with van der Waals surface area (Å²) in [7, 11) is 0. The lowest BCUT2D eigenvalue weighted by Gasteiger charge is -2.18. The van der Waals surface area contributed by atoms with E-state index in [0.29, 0.717) is 37.4 Å². The minimum absolute atomic E-state index is 0.118. The third-order valence-corrected chi connectivity index (χ3v) is 5.73. The molecule has 1 aromatic carbocycles. The molecule has 3 aromatic rings. The van der Waals surface area contributed by atoms with Crippen molar-refractivity contribution in [3.8, 4) is 10.7 Å². The SMILES string of the molecule is O=C(CCCc1nc(-c2cccs2)no1)NC(Cc1ccccc1)C(=O)NC1CC1. The van der Waals surface area contributed by atoms with E-state index in [2.05, 4.69) is 20.8 Å². The summed E-state index contributed by atoms with van der Waals surface area (Å²) in [4.78, 5) is 30.4. The van der Waals surface area contributed by atoms with Crippen LogP contribution in [0.3, 0.4) is 0 Å². The normalized spacial score (nSPS) is 14.3. The summed E-state index contributed by atoms with van der Waals surface area (Å²) in [5, 5.41) is 11.8. The summed E-state index contributed by atoms with van der Waals surface area (Å²) in [6.07, 6.45) is 3.87. The van der Waals surface area contributed by atoms with Gasteiger partial charge in [0.15, 0.2) is 0 Å². The first-order valence-corrected chi connectivity index (χ1v) is 11.1. The number of rotatable bonds is 10. The van der Waals surface area contributed by atoms with Crippen LogP contribution >= 0.6 is 11.3 Å². The van der Waals surface area contributed by atoms with Crippen molar-refractivity contribution in [2.75, 3.05) is 0 Å². The van der Waals surface area contributed by atoms with E-state index in [-0.39, 0.29) is 17.9 Å². The second-order valence-corrected chi connectivity index (χ2v) is 8.38. The summed E-state index contributed by atoms with van der Waals surface area (Å²) in [5.41, 5.74) is 1.01. The van der Waals surface area contributed by atoms with Crippen LogP contribution < -0.4 is 10.6 Å². The Morgan fingerprint density at radius 2 is 2.00 bits per heavy atom. The third-order valence-electron chi connectivity index (χ3n) is 4.86. The Bertz CT molecular complexity index is 967. The van der Waals surface area contributed by atoms with Crippen LogP contribution in [0.25, 0.3) is 10.7 Å². The molecule has 7 nitrogen and oxygen atoms in total. The molecule has 0 aliphatic heterocycles. The lowest BCUT2D eigenvalue weighted by molar-refractivity contribution is -0.129. The highest BCUT2D eigenvalue weighted by Gasteiger charge is 2.28. The largest absolute Gasteiger partial charge is 0.352 e. The van der Waals surface area contributed by atoms with Crippen LogP contribution in [-0.4, -0.2) is 34.0 Å². The van der Waals surface area contributed by atoms with Gasteiger partial charge in [-0.25, -0.2) is 0 Å². The van der Waals surface area contributed by atoms with Gasteiger partial charge < -0.3 is 15.2 Å². The highest BCUT2D eigenvalue weighted by atomic mass is 32.1. The van der Waals surface area contributed by atoms with Crippen LogP contribution in [0.2, 0.25) is 0 Å². The second-order valence-electron chi connectivity index (χ2n) is 7.44. The molecule has 1 fully saturated rings. The molecular formula is C22H24N4O3S. The average Bonchev–Trinajstić information content (AvgIpc) is 3.19. The van der Waals surface area contributed by atoms with Crippen molar-refractivity contribution in [2.45, 2.75) is 50.6 Å². The molecule has 2 N–H and O–H groups in total. The zero-order valence-corrected chi connectivity index (χ0v) is 17.4. The first-order valence-electron chi connectivity index (χ1n) is 10.2. The number of thiophene rings is 1. The van der Waals surface area contributed by atoms with Gasteiger partial charge in [0.2, 0.25) is 23.5 Å². The van der Waals surface area contributed by atoms with Crippen molar-refractivity contribution < 1.29 is 14.1 Å². The van der Waals surface area contributed by atoms with E-state index in [0.717, 1.165) is 23.3 Å². The lowest BCUT2D eigenvalue weighted by atomic mass is 10.0. The molecule has 0 saturated heterocycles. The second kappa shape index (κ2) is 9.67. The van der Waals surface area contributed by atoms with Gasteiger partial charge >= 0.3 is 0 Å². The summed E-state index contributed by atoms with van der Waals surface area (Å²) in [6, 6.07) is 13.3. The Balaban J connectivity index is 1.28. The Hall–Kier alpha value is -3.00. The molecule has 1 aliphatic rings. The van der Waals surface area contributed by atoms with Crippen molar-refractivity contribution in [3.63, 3.8) is 0 Å². The van der Waals surface area contributed by atoms with Crippen molar-refractivity contribution in [1.29, 1.82) is 0 Å². The molecule has 2 heterocycles. The Morgan fingerprint density at radius 1 is 1.17 bits per heavy atom. The van der Waals surface area contributed by atoms with Gasteiger partial charge in [0, 0.05) is 25.3 Å². The topological polar surface area (TPSA) is 97.1 Å². The number of nitrogens with zero attached hydrogens (tertiary/aromatic N) is 2. The molecule has 1 saturated carbocycles. The molecule has 2 aromatic heterocycles. The number of hydrogen-bond donors (Lipinski definition) is 2. The zero-order chi connectivity index (χ0) is 20.8. The fraction of sp³-hybridized carbons (Fsp3) is 0.364. The number of carbonyl (C=O) groups is 2. The minimum Gasteiger partial charge on any atom is -0.352 e. The number of nitrogens with one attached hydrogen (secondary N) is 2. The molecule has 0 bridgehead atoms.